The van der Waals surface area contributed by atoms with Crippen molar-refractivity contribution in [3.05, 3.63) is 53.9 Å². The number of rotatable bonds is 5. The molecule has 20 heavy (non-hydrogen) atoms. The highest BCUT2D eigenvalue weighted by Gasteiger charge is 2.21. The van der Waals surface area contributed by atoms with Gasteiger partial charge in [0.2, 0.25) is 0 Å². The summed E-state index contributed by atoms with van der Waals surface area (Å²) in [5.74, 6) is 0. The topological polar surface area (TPSA) is 47.3 Å². The van der Waals surface area contributed by atoms with E-state index in [2.05, 4.69) is 29.4 Å². The van der Waals surface area contributed by atoms with Gasteiger partial charge in [-0.05, 0) is 36.5 Å². The first-order chi connectivity index (χ1) is 9.83. The lowest BCUT2D eigenvalue weighted by molar-refractivity contribution is -0.0235. The second kappa shape index (κ2) is 6.20. The average molecular weight is 272 g/mol. The number of aliphatic hydroxyl groups is 1. The predicted octanol–water partition coefficient (Wildman–Crippen LogP) is 2.34. The Morgan fingerprint density at radius 1 is 1.35 bits per heavy atom. The van der Waals surface area contributed by atoms with E-state index >= 15 is 0 Å². The van der Waals surface area contributed by atoms with E-state index in [0.29, 0.717) is 13.2 Å². The molecule has 1 aliphatic carbocycles. The van der Waals surface area contributed by atoms with E-state index in [1.54, 1.807) is 10.9 Å². The van der Waals surface area contributed by atoms with Crippen LogP contribution in [0.5, 0.6) is 0 Å². The van der Waals surface area contributed by atoms with Crippen LogP contribution in [0.4, 0.5) is 0 Å². The Morgan fingerprint density at radius 3 is 3.10 bits per heavy atom. The van der Waals surface area contributed by atoms with Gasteiger partial charge in [-0.25, -0.2) is 0 Å². The molecule has 0 aliphatic heterocycles. The number of aliphatic hydroxyl groups excluding tert-OH is 1. The minimum absolute atomic E-state index is 0.118. The summed E-state index contributed by atoms with van der Waals surface area (Å²) in [6.45, 7) is 0.820. The molecule has 0 saturated heterocycles. The van der Waals surface area contributed by atoms with Crippen LogP contribution in [0, 0.1) is 0 Å². The minimum Gasteiger partial charge on any atom is -0.389 e. The van der Waals surface area contributed by atoms with Crippen molar-refractivity contribution < 1.29 is 9.84 Å². The molecule has 0 saturated carbocycles. The van der Waals surface area contributed by atoms with Gasteiger partial charge in [0.15, 0.2) is 0 Å². The van der Waals surface area contributed by atoms with Gasteiger partial charge in [0.25, 0.3) is 0 Å². The molecule has 2 atom stereocenters. The molecule has 0 spiro atoms. The Bertz CT molecular complexity index is 539. The molecule has 0 fully saturated rings. The van der Waals surface area contributed by atoms with E-state index in [4.69, 9.17) is 4.74 Å². The van der Waals surface area contributed by atoms with E-state index in [-0.39, 0.29) is 6.10 Å². The monoisotopic (exact) mass is 272 g/mol. The summed E-state index contributed by atoms with van der Waals surface area (Å²) in [5.41, 5.74) is 2.66. The van der Waals surface area contributed by atoms with Crippen LogP contribution < -0.4 is 0 Å². The summed E-state index contributed by atoms with van der Waals surface area (Å²) in [7, 11) is 0. The summed E-state index contributed by atoms with van der Waals surface area (Å²) in [5, 5.41) is 14.1. The highest BCUT2D eigenvalue weighted by atomic mass is 16.5. The summed E-state index contributed by atoms with van der Waals surface area (Å²) >= 11 is 0. The molecule has 0 amide bonds. The van der Waals surface area contributed by atoms with Crippen molar-refractivity contribution >= 4 is 0 Å². The zero-order chi connectivity index (χ0) is 13.8. The second-order valence-electron chi connectivity index (χ2n) is 5.29. The molecule has 0 radical (unpaired) electrons. The molecule has 0 bridgehead atoms. The fourth-order valence-electron chi connectivity index (χ4n) is 2.79. The van der Waals surface area contributed by atoms with Gasteiger partial charge >= 0.3 is 0 Å². The minimum atomic E-state index is -0.524. The van der Waals surface area contributed by atoms with Gasteiger partial charge in [-0.1, -0.05) is 24.3 Å². The first kappa shape index (κ1) is 13.3. The van der Waals surface area contributed by atoms with Crippen LogP contribution in [-0.2, 0) is 17.7 Å². The molecule has 1 N–H and O–H groups in total. The molecule has 1 aromatic heterocycles. The van der Waals surface area contributed by atoms with Crippen LogP contribution in [0.3, 0.4) is 0 Å². The van der Waals surface area contributed by atoms with Gasteiger partial charge < -0.3 is 9.84 Å². The molecule has 1 heterocycles. The molecule has 3 rings (SSSR count). The lowest BCUT2D eigenvalue weighted by Gasteiger charge is -2.26. The Labute approximate surface area is 119 Å². The first-order valence-corrected chi connectivity index (χ1v) is 7.18. The maximum absolute atomic E-state index is 10.0. The standard InChI is InChI=1S/C16H20N2O2/c19-14(11-18-10-4-9-17-18)12-20-16-8-3-6-13-5-1-2-7-15(13)16/h1-2,4-5,7,9-10,14,16,19H,3,6,8,11-12H2/t14-,16+/m1/s1. The molecular weight excluding hydrogens is 252 g/mol. The first-order valence-electron chi connectivity index (χ1n) is 7.18. The zero-order valence-electron chi connectivity index (χ0n) is 11.5. The summed E-state index contributed by atoms with van der Waals surface area (Å²) in [6.07, 6.45) is 6.47. The van der Waals surface area contributed by atoms with Crippen molar-refractivity contribution in [2.45, 2.75) is 38.0 Å². The van der Waals surface area contributed by atoms with Crippen LogP contribution >= 0.6 is 0 Å². The normalized spacial score (nSPS) is 19.6. The number of hydrogen-bond donors (Lipinski definition) is 1. The van der Waals surface area contributed by atoms with Crippen molar-refractivity contribution in [2.75, 3.05) is 6.61 Å². The van der Waals surface area contributed by atoms with Gasteiger partial charge in [-0.3, -0.25) is 4.68 Å². The second-order valence-corrected chi connectivity index (χ2v) is 5.29. The van der Waals surface area contributed by atoms with Crippen LogP contribution in [0.1, 0.15) is 30.1 Å². The summed E-state index contributed by atoms with van der Waals surface area (Å²) in [4.78, 5) is 0. The number of nitrogens with zero attached hydrogens (tertiary/aromatic N) is 2. The third-order valence-electron chi connectivity index (χ3n) is 3.76. The predicted molar refractivity (Wildman–Crippen MR) is 76.3 cm³/mol. The molecule has 106 valence electrons. The highest BCUT2D eigenvalue weighted by molar-refractivity contribution is 5.31. The molecular formula is C16H20N2O2. The lowest BCUT2D eigenvalue weighted by Crippen LogP contribution is -2.24. The Hall–Kier alpha value is -1.65. The highest BCUT2D eigenvalue weighted by Crippen LogP contribution is 2.32. The van der Waals surface area contributed by atoms with Gasteiger partial charge in [0.05, 0.1) is 25.4 Å². The molecule has 1 aromatic carbocycles. The van der Waals surface area contributed by atoms with Crippen LogP contribution in [-0.4, -0.2) is 27.6 Å². The van der Waals surface area contributed by atoms with Crippen molar-refractivity contribution in [1.82, 2.24) is 9.78 Å². The maximum atomic E-state index is 10.0. The molecule has 2 aromatic rings. The number of ether oxygens (including phenoxy) is 1. The van der Waals surface area contributed by atoms with Gasteiger partial charge in [0.1, 0.15) is 0 Å². The van der Waals surface area contributed by atoms with Crippen LogP contribution in [0.25, 0.3) is 0 Å². The maximum Gasteiger partial charge on any atom is 0.0969 e. The molecule has 1 aliphatic rings. The summed E-state index contributed by atoms with van der Waals surface area (Å²) < 4.78 is 7.65. The van der Waals surface area contributed by atoms with E-state index in [9.17, 15) is 5.11 Å². The average Bonchev–Trinajstić information content (AvgIpc) is 2.98. The quantitative estimate of drug-likeness (QED) is 0.908. The number of aromatic nitrogens is 2. The van der Waals surface area contributed by atoms with E-state index in [1.165, 1.54) is 11.1 Å². The van der Waals surface area contributed by atoms with Crippen molar-refractivity contribution in [3.8, 4) is 0 Å². The fourth-order valence-corrected chi connectivity index (χ4v) is 2.79. The summed E-state index contributed by atoms with van der Waals surface area (Å²) in [6, 6.07) is 10.3. The largest absolute Gasteiger partial charge is 0.389 e. The molecule has 4 heteroatoms. The number of benzene rings is 1. The van der Waals surface area contributed by atoms with E-state index < -0.39 is 6.10 Å². The Kier molecular flexibility index (Phi) is 4.14. The van der Waals surface area contributed by atoms with Crippen molar-refractivity contribution in [1.29, 1.82) is 0 Å². The third kappa shape index (κ3) is 3.08. The van der Waals surface area contributed by atoms with Crippen LogP contribution in [0.2, 0.25) is 0 Å². The zero-order valence-corrected chi connectivity index (χ0v) is 11.5. The molecule has 4 nitrogen and oxygen atoms in total. The number of aryl methyl sites for hydroxylation is 1. The smallest absolute Gasteiger partial charge is 0.0969 e. The third-order valence-corrected chi connectivity index (χ3v) is 3.76. The van der Waals surface area contributed by atoms with E-state index in [1.807, 2.05) is 12.3 Å². The SMILES string of the molecule is O[C@@H](CO[C@H]1CCCc2ccccc21)Cn1cccn1. The van der Waals surface area contributed by atoms with Crippen molar-refractivity contribution in [2.24, 2.45) is 0 Å². The van der Waals surface area contributed by atoms with Crippen molar-refractivity contribution in [3.63, 3.8) is 0 Å². The lowest BCUT2D eigenvalue weighted by atomic mass is 9.89. The number of fused-ring (bicyclic) bond motifs is 1. The van der Waals surface area contributed by atoms with Gasteiger partial charge in [-0.15, -0.1) is 0 Å². The Balaban J connectivity index is 1.56. The Morgan fingerprint density at radius 2 is 2.25 bits per heavy atom. The van der Waals surface area contributed by atoms with Crippen LogP contribution in [0.15, 0.2) is 42.7 Å². The fraction of sp³-hybridized carbons (Fsp3) is 0.438. The number of hydrogen-bond acceptors (Lipinski definition) is 3. The van der Waals surface area contributed by atoms with Gasteiger partial charge in [-0.2, -0.15) is 5.10 Å². The molecule has 0 unspecified atom stereocenters. The van der Waals surface area contributed by atoms with Gasteiger partial charge in [0, 0.05) is 12.4 Å². The van der Waals surface area contributed by atoms with E-state index in [0.717, 1.165) is 19.3 Å².